The summed E-state index contributed by atoms with van der Waals surface area (Å²) in [6.45, 7) is 3.78. The molecule has 1 aliphatic rings. The molecule has 3 rings (SSSR count). The Bertz CT molecular complexity index is 646. The van der Waals surface area contributed by atoms with Gasteiger partial charge in [-0.1, -0.05) is 36.4 Å². The van der Waals surface area contributed by atoms with E-state index in [4.69, 9.17) is 0 Å². The van der Waals surface area contributed by atoms with Crippen molar-refractivity contribution in [3.05, 3.63) is 42.0 Å². The van der Waals surface area contributed by atoms with Crippen molar-refractivity contribution in [2.75, 3.05) is 24.6 Å². The molecular formula is C16H19NO2S. The van der Waals surface area contributed by atoms with Gasteiger partial charge >= 0.3 is 0 Å². The van der Waals surface area contributed by atoms with Crippen molar-refractivity contribution >= 4 is 21.6 Å². The first-order valence-electron chi connectivity index (χ1n) is 6.96. The number of fused-ring (bicyclic) bond motifs is 1. The Balaban J connectivity index is 1.93. The van der Waals surface area contributed by atoms with Gasteiger partial charge in [0.25, 0.3) is 0 Å². The van der Waals surface area contributed by atoms with Crippen LogP contribution in [0.5, 0.6) is 5.75 Å². The zero-order chi connectivity index (χ0) is 14.1. The van der Waals surface area contributed by atoms with Gasteiger partial charge in [0.1, 0.15) is 5.75 Å². The molecule has 1 atom stereocenters. The zero-order valence-electron chi connectivity index (χ0n) is 11.6. The smallest absolute Gasteiger partial charge is 0.128 e. The lowest BCUT2D eigenvalue weighted by Gasteiger charge is -2.32. The summed E-state index contributed by atoms with van der Waals surface area (Å²) in [7, 11) is -0.666. The molecule has 0 aromatic heterocycles. The van der Waals surface area contributed by atoms with Gasteiger partial charge < -0.3 is 5.11 Å². The Kier molecular flexibility index (Phi) is 3.76. The van der Waals surface area contributed by atoms with Crippen LogP contribution in [0.25, 0.3) is 10.8 Å². The van der Waals surface area contributed by atoms with Crippen LogP contribution in [0.2, 0.25) is 0 Å². The van der Waals surface area contributed by atoms with Gasteiger partial charge in [-0.25, -0.2) is 0 Å². The number of hydrogen-bond donors (Lipinski definition) is 1. The standard InChI is InChI=1S/C16H19NO2S/c1-12(17-8-10-20(19)11-9-17)14-7-6-13-4-2-3-5-15(13)16(14)18/h2-7,12,18H,8-11H2,1H3. The molecule has 1 saturated heterocycles. The molecule has 0 saturated carbocycles. The van der Waals surface area contributed by atoms with Gasteiger partial charge in [0.2, 0.25) is 0 Å². The molecule has 0 spiro atoms. The van der Waals surface area contributed by atoms with Gasteiger partial charge in [0.15, 0.2) is 0 Å². The molecule has 0 bridgehead atoms. The molecule has 4 heteroatoms. The Morgan fingerprint density at radius 1 is 1.15 bits per heavy atom. The minimum atomic E-state index is -0.666. The lowest BCUT2D eigenvalue weighted by molar-refractivity contribution is 0.227. The first-order valence-corrected chi connectivity index (χ1v) is 8.45. The summed E-state index contributed by atoms with van der Waals surface area (Å²) in [6, 6.07) is 12.1. The van der Waals surface area contributed by atoms with Crippen LogP contribution < -0.4 is 0 Å². The predicted octanol–water partition coefficient (Wildman–Crippen LogP) is 2.67. The van der Waals surface area contributed by atoms with Crippen LogP contribution in [0, 0.1) is 0 Å². The second-order valence-corrected chi connectivity index (χ2v) is 6.98. The Morgan fingerprint density at radius 3 is 2.60 bits per heavy atom. The molecule has 0 amide bonds. The fourth-order valence-corrected chi connectivity index (χ4v) is 3.93. The van der Waals surface area contributed by atoms with E-state index in [1.54, 1.807) is 0 Å². The van der Waals surface area contributed by atoms with Gasteiger partial charge in [0.05, 0.1) is 0 Å². The Hall–Kier alpha value is -1.39. The highest BCUT2D eigenvalue weighted by Gasteiger charge is 2.23. The third-order valence-corrected chi connectivity index (χ3v) is 5.42. The van der Waals surface area contributed by atoms with Crippen molar-refractivity contribution < 1.29 is 9.32 Å². The van der Waals surface area contributed by atoms with E-state index in [0.29, 0.717) is 5.75 Å². The number of hydrogen-bond acceptors (Lipinski definition) is 3. The van der Waals surface area contributed by atoms with Crippen LogP contribution in [0.15, 0.2) is 36.4 Å². The van der Waals surface area contributed by atoms with Crippen LogP contribution in [-0.2, 0) is 10.8 Å². The highest BCUT2D eigenvalue weighted by molar-refractivity contribution is 7.85. The maximum atomic E-state index is 11.4. The maximum Gasteiger partial charge on any atom is 0.128 e. The lowest BCUT2D eigenvalue weighted by atomic mass is 10.00. The fraction of sp³-hybridized carbons (Fsp3) is 0.375. The third kappa shape index (κ3) is 2.45. The largest absolute Gasteiger partial charge is 0.507 e. The van der Waals surface area contributed by atoms with Gasteiger partial charge in [-0.2, -0.15) is 0 Å². The van der Waals surface area contributed by atoms with Gasteiger partial charge in [-0.15, -0.1) is 0 Å². The molecule has 2 aromatic carbocycles. The van der Waals surface area contributed by atoms with Crippen LogP contribution in [0.1, 0.15) is 18.5 Å². The number of rotatable bonds is 2. The molecule has 106 valence electrons. The number of benzene rings is 2. The van der Waals surface area contributed by atoms with E-state index in [-0.39, 0.29) is 6.04 Å². The fourth-order valence-electron chi connectivity index (χ4n) is 2.85. The molecule has 3 nitrogen and oxygen atoms in total. The molecule has 20 heavy (non-hydrogen) atoms. The molecule has 1 aliphatic heterocycles. The highest BCUT2D eigenvalue weighted by atomic mass is 32.2. The topological polar surface area (TPSA) is 40.5 Å². The monoisotopic (exact) mass is 289 g/mol. The highest BCUT2D eigenvalue weighted by Crippen LogP contribution is 2.35. The predicted molar refractivity (Wildman–Crippen MR) is 83.5 cm³/mol. The van der Waals surface area contributed by atoms with Crippen LogP contribution >= 0.6 is 0 Å². The molecule has 1 fully saturated rings. The summed E-state index contributed by atoms with van der Waals surface area (Å²) in [6.07, 6.45) is 0. The minimum absolute atomic E-state index is 0.150. The third-order valence-electron chi connectivity index (χ3n) is 4.14. The van der Waals surface area contributed by atoms with Crippen molar-refractivity contribution in [2.24, 2.45) is 0 Å². The Morgan fingerprint density at radius 2 is 1.85 bits per heavy atom. The van der Waals surface area contributed by atoms with Gasteiger partial charge in [0, 0.05) is 52.4 Å². The number of aromatic hydroxyl groups is 1. The molecule has 0 radical (unpaired) electrons. The van der Waals surface area contributed by atoms with Gasteiger partial charge in [-0.3, -0.25) is 9.11 Å². The average Bonchev–Trinajstić information content (AvgIpc) is 2.48. The second kappa shape index (κ2) is 5.54. The van der Waals surface area contributed by atoms with Crippen molar-refractivity contribution in [1.29, 1.82) is 0 Å². The summed E-state index contributed by atoms with van der Waals surface area (Å²) < 4.78 is 11.4. The van der Waals surface area contributed by atoms with E-state index in [1.807, 2.05) is 30.3 Å². The van der Waals surface area contributed by atoms with E-state index in [1.165, 1.54) is 0 Å². The maximum absolute atomic E-state index is 11.4. The summed E-state index contributed by atoms with van der Waals surface area (Å²) in [5.41, 5.74) is 0.955. The van der Waals surface area contributed by atoms with E-state index in [0.717, 1.165) is 40.9 Å². The SMILES string of the molecule is CC(c1ccc2ccccc2c1O)N1CCS(=O)CC1. The first-order chi connectivity index (χ1) is 9.66. The zero-order valence-corrected chi connectivity index (χ0v) is 12.4. The molecule has 1 unspecified atom stereocenters. The average molecular weight is 289 g/mol. The summed E-state index contributed by atoms with van der Waals surface area (Å²) in [4.78, 5) is 2.30. The second-order valence-electron chi connectivity index (χ2n) is 5.28. The van der Waals surface area contributed by atoms with Crippen LogP contribution in [-0.4, -0.2) is 38.8 Å². The molecular weight excluding hydrogens is 270 g/mol. The van der Waals surface area contributed by atoms with E-state index in [9.17, 15) is 9.32 Å². The van der Waals surface area contributed by atoms with Crippen molar-refractivity contribution in [1.82, 2.24) is 4.90 Å². The van der Waals surface area contributed by atoms with Gasteiger partial charge in [-0.05, 0) is 12.3 Å². The summed E-state index contributed by atoms with van der Waals surface area (Å²) in [5.74, 6) is 1.85. The first kappa shape index (κ1) is 13.6. The lowest BCUT2D eigenvalue weighted by Crippen LogP contribution is -2.39. The van der Waals surface area contributed by atoms with E-state index >= 15 is 0 Å². The molecule has 0 aliphatic carbocycles. The van der Waals surface area contributed by atoms with Crippen LogP contribution in [0.4, 0.5) is 0 Å². The number of phenols is 1. The quantitative estimate of drug-likeness (QED) is 0.924. The molecule has 2 aromatic rings. The number of phenolic OH excluding ortho intramolecular Hbond substituents is 1. The van der Waals surface area contributed by atoms with Crippen LogP contribution in [0.3, 0.4) is 0 Å². The summed E-state index contributed by atoms with van der Waals surface area (Å²) in [5, 5.41) is 12.5. The Labute approximate surface area is 121 Å². The minimum Gasteiger partial charge on any atom is -0.507 e. The molecule has 1 heterocycles. The van der Waals surface area contributed by atoms with Crippen molar-refractivity contribution in [2.45, 2.75) is 13.0 Å². The number of nitrogens with zero attached hydrogens (tertiary/aromatic N) is 1. The van der Waals surface area contributed by atoms with E-state index < -0.39 is 10.8 Å². The molecule has 1 N–H and O–H groups in total. The van der Waals surface area contributed by atoms with Crippen molar-refractivity contribution in [3.8, 4) is 5.75 Å². The van der Waals surface area contributed by atoms with E-state index in [2.05, 4.69) is 17.9 Å². The van der Waals surface area contributed by atoms with Crippen molar-refractivity contribution in [3.63, 3.8) is 0 Å². The summed E-state index contributed by atoms with van der Waals surface area (Å²) >= 11 is 0. The normalized spacial score (nSPS) is 19.2.